The van der Waals surface area contributed by atoms with Gasteiger partial charge in [-0.2, -0.15) is 0 Å². The highest BCUT2D eigenvalue weighted by Gasteiger charge is 2.44. The fourth-order valence-corrected chi connectivity index (χ4v) is 1.66. The van der Waals surface area contributed by atoms with Crippen molar-refractivity contribution in [2.45, 2.75) is 40.2 Å². The lowest BCUT2D eigenvalue weighted by Crippen LogP contribution is -2.63. The minimum Gasteiger partial charge on any atom is -0.352 e. The summed E-state index contributed by atoms with van der Waals surface area (Å²) in [6, 6.07) is 0.389. The molecule has 0 bridgehead atoms. The smallest absolute Gasteiger partial charge is 0.225 e. The molecule has 0 aromatic heterocycles. The molecule has 11 heavy (non-hydrogen) atoms. The average Bonchev–Trinajstić information content (AvgIpc) is 1.81. The van der Waals surface area contributed by atoms with Gasteiger partial charge in [0.15, 0.2) is 0 Å². The molecule has 1 fully saturated rings. The van der Waals surface area contributed by atoms with Crippen molar-refractivity contribution in [1.29, 1.82) is 0 Å². The van der Waals surface area contributed by atoms with Crippen molar-refractivity contribution >= 4 is 5.91 Å². The Labute approximate surface area is 68.4 Å². The lowest BCUT2D eigenvalue weighted by Gasteiger charge is -2.44. The molecule has 2 nitrogen and oxygen atoms in total. The highest BCUT2D eigenvalue weighted by atomic mass is 16.2. The second kappa shape index (κ2) is 2.50. The molecule has 0 aliphatic carbocycles. The molecule has 1 heterocycles. The van der Waals surface area contributed by atoms with E-state index in [-0.39, 0.29) is 17.2 Å². The van der Waals surface area contributed by atoms with Gasteiger partial charge in [-0.25, -0.2) is 0 Å². The predicted molar refractivity (Wildman–Crippen MR) is 45.2 cm³/mol. The maximum absolute atomic E-state index is 11.0. The second-order valence-corrected chi connectivity index (χ2v) is 4.37. The van der Waals surface area contributed by atoms with Crippen LogP contribution < -0.4 is 5.32 Å². The van der Waals surface area contributed by atoms with Crippen LogP contribution in [0.2, 0.25) is 0 Å². The number of rotatable bonds is 1. The van der Waals surface area contributed by atoms with Gasteiger partial charge in [0.05, 0.1) is 5.92 Å². The number of carbonyl (C=O) groups is 1. The Hall–Kier alpha value is -0.530. The molecule has 1 aliphatic rings. The fraction of sp³-hybridized carbons (Fsp3) is 0.889. The molecule has 0 aromatic rings. The first-order valence-corrected chi connectivity index (χ1v) is 4.27. The van der Waals surface area contributed by atoms with Crippen molar-refractivity contribution in [3.63, 3.8) is 0 Å². The summed E-state index contributed by atoms with van der Waals surface area (Å²) in [6.45, 7) is 8.57. The molecule has 1 saturated heterocycles. The molecule has 2 heteroatoms. The zero-order valence-corrected chi connectivity index (χ0v) is 7.77. The Balaban J connectivity index is 2.58. The second-order valence-electron chi connectivity index (χ2n) is 4.37. The Bertz CT molecular complexity index is 169. The molecule has 2 unspecified atom stereocenters. The first-order valence-electron chi connectivity index (χ1n) is 4.27. The molecular formula is C9H17NO. The number of carbonyl (C=O) groups excluding carboxylic acids is 1. The van der Waals surface area contributed by atoms with E-state index in [0.717, 1.165) is 6.42 Å². The van der Waals surface area contributed by atoms with Gasteiger partial charge in [-0.3, -0.25) is 4.79 Å². The molecular weight excluding hydrogens is 138 g/mol. The van der Waals surface area contributed by atoms with E-state index in [0.29, 0.717) is 6.04 Å². The van der Waals surface area contributed by atoms with E-state index in [2.05, 4.69) is 33.0 Å². The van der Waals surface area contributed by atoms with Crippen molar-refractivity contribution in [2.24, 2.45) is 11.3 Å². The Kier molecular flexibility index (Phi) is 1.95. The summed E-state index contributed by atoms with van der Waals surface area (Å²) in [5.74, 6) is 0.488. The summed E-state index contributed by atoms with van der Waals surface area (Å²) in [6.07, 6.45) is 0.966. The molecule has 0 saturated carbocycles. The molecule has 2 atom stereocenters. The van der Waals surface area contributed by atoms with Crippen LogP contribution in [0.15, 0.2) is 0 Å². The van der Waals surface area contributed by atoms with Crippen molar-refractivity contribution in [3.8, 4) is 0 Å². The van der Waals surface area contributed by atoms with Crippen LogP contribution in [0, 0.1) is 11.3 Å². The van der Waals surface area contributed by atoms with Gasteiger partial charge in [0.2, 0.25) is 5.91 Å². The minimum absolute atomic E-state index is 0.217. The average molecular weight is 155 g/mol. The number of nitrogens with one attached hydrogen (secondary N) is 1. The molecule has 1 aliphatic heterocycles. The lowest BCUT2D eigenvalue weighted by molar-refractivity contribution is -0.138. The van der Waals surface area contributed by atoms with Crippen molar-refractivity contribution in [2.75, 3.05) is 0 Å². The molecule has 0 aromatic carbocycles. The normalized spacial score (nSPS) is 31.1. The predicted octanol–water partition coefficient (Wildman–Crippen LogP) is 1.56. The monoisotopic (exact) mass is 155 g/mol. The van der Waals surface area contributed by atoms with E-state index in [4.69, 9.17) is 0 Å². The Morgan fingerprint density at radius 1 is 1.45 bits per heavy atom. The summed E-state index contributed by atoms with van der Waals surface area (Å²) in [5.41, 5.74) is 0.217. The first kappa shape index (κ1) is 8.57. The lowest BCUT2D eigenvalue weighted by atomic mass is 9.72. The summed E-state index contributed by atoms with van der Waals surface area (Å²) in [7, 11) is 0. The van der Waals surface area contributed by atoms with E-state index in [1.54, 1.807) is 0 Å². The molecule has 0 spiro atoms. The van der Waals surface area contributed by atoms with E-state index in [9.17, 15) is 4.79 Å². The van der Waals surface area contributed by atoms with E-state index in [1.807, 2.05) is 0 Å². The topological polar surface area (TPSA) is 29.1 Å². The molecule has 64 valence electrons. The van der Waals surface area contributed by atoms with Crippen LogP contribution in [-0.4, -0.2) is 11.9 Å². The van der Waals surface area contributed by atoms with Crippen LogP contribution in [-0.2, 0) is 4.79 Å². The Morgan fingerprint density at radius 3 is 2.18 bits per heavy atom. The SMILES string of the molecule is CCC1C(=O)NC1C(C)(C)C. The summed E-state index contributed by atoms with van der Waals surface area (Å²) in [4.78, 5) is 11.0. The molecule has 1 N–H and O–H groups in total. The highest BCUT2D eigenvalue weighted by molar-refractivity contribution is 5.86. The van der Waals surface area contributed by atoms with Crippen molar-refractivity contribution in [1.82, 2.24) is 5.32 Å². The van der Waals surface area contributed by atoms with Crippen LogP contribution in [0.3, 0.4) is 0 Å². The van der Waals surface area contributed by atoms with Crippen LogP contribution >= 0.6 is 0 Å². The number of hydrogen-bond donors (Lipinski definition) is 1. The van der Waals surface area contributed by atoms with Crippen LogP contribution in [0.4, 0.5) is 0 Å². The summed E-state index contributed by atoms with van der Waals surface area (Å²) < 4.78 is 0. The largest absolute Gasteiger partial charge is 0.352 e. The quantitative estimate of drug-likeness (QED) is 0.572. The van der Waals surface area contributed by atoms with E-state index in [1.165, 1.54) is 0 Å². The van der Waals surface area contributed by atoms with Gasteiger partial charge in [-0.05, 0) is 11.8 Å². The third-order valence-electron chi connectivity index (χ3n) is 2.41. The van der Waals surface area contributed by atoms with Crippen molar-refractivity contribution in [3.05, 3.63) is 0 Å². The van der Waals surface area contributed by atoms with Gasteiger partial charge in [0.25, 0.3) is 0 Å². The van der Waals surface area contributed by atoms with Gasteiger partial charge in [-0.15, -0.1) is 0 Å². The highest BCUT2D eigenvalue weighted by Crippen LogP contribution is 2.32. The number of hydrogen-bond acceptors (Lipinski definition) is 1. The fourth-order valence-electron chi connectivity index (χ4n) is 1.66. The molecule has 0 radical (unpaired) electrons. The van der Waals surface area contributed by atoms with Gasteiger partial charge >= 0.3 is 0 Å². The zero-order chi connectivity index (χ0) is 8.65. The third-order valence-corrected chi connectivity index (χ3v) is 2.41. The first-order chi connectivity index (χ1) is 4.96. The van der Waals surface area contributed by atoms with E-state index < -0.39 is 0 Å². The van der Waals surface area contributed by atoms with E-state index >= 15 is 0 Å². The standard InChI is InChI=1S/C9H17NO/c1-5-6-7(9(2,3)4)10-8(6)11/h6-7H,5H2,1-4H3,(H,10,11). The summed E-state index contributed by atoms with van der Waals surface area (Å²) >= 11 is 0. The zero-order valence-electron chi connectivity index (χ0n) is 7.77. The third kappa shape index (κ3) is 1.39. The van der Waals surface area contributed by atoms with Crippen LogP contribution in [0.25, 0.3) is 0 Å². The van der Waals surface area contributed by atoms with Gasteiger partial charge < -0.3 is 5.32 Å². The number of β-lactam (4-membered cyclic amide) rings is 1. The van der Waals surface area contributed by atoms with Gasteiger partial charge in [0.1, 0.15) is 0 Å². The molecule has 1 rings (SSSR count). The van der Waals surface area contributed by atoms with Gasteiger partial charge in [0, 0.05) is 6.04 Å². The maximum Gasteiger partial charge on any atom is 0.225 e. The van der Waals surface area contributed by atoms with Crippen LogP contribution in [0.1, 0.15) is 34.1 Å². The van der Waals surface area contributed by atoms with Crippen LogP contribution in [0.5, 0.6) is 0 Å². The Morgan fingerprint density at radius 2 is 2.00 bits per heavy atom. The van der Waals surface area contributed by atoms with Gasteiger partial charge in [-0.1, -0.05) is 27.7 Å². The minimum atomic E-state index is 0.217. The van der Waals surface area contributed by atoms with Crippen molar-refractivity contribution < 1.29 is 4.79 Å². The molecule has 1 amide bonds. The summed E-state index contributed by atoms with van der Waals surface area (Å²) in [5, 5.41) is 2.94. The maximum atomic E-state index is 11.0. The number of amides is 1.